The van der Waals surface area contributed by atoms with Crippen molar-refractivity contribution in [3.05, 3.63) is 24.3 Å². The summed E-state index contributed by atoms with van der Waals surface area (Å²) in [7, 11) is -4.44. The number of allylic oxidation sites excluding steroid dienone is 2. The number of rotatable bonds is 35. The van der Waals surface area contributed by atoms with Crippen molar-refractivity contribution in [3.63, 3.8) is 0 Å². The van der Waals surface area contributed by atoms with Crippen molar-refractivity contribution in [1.29, 1.82) is 0 Å². The summed E-state index contributed by atoms with van der Waals surface area (Å²) in [5.41, 5.74) is 5.34. The maximum Gasteiger partial charge on any atom is 0.472 e. The molecule has 7 atom stereocenters. The number of phosphoric acid groups is 1. The molecule has 0 aromatic carbocycles. The molecule has 12 nitrogen and oxygen atoms in total. The lowest BCUT2D eigenvalue weighted by molar-refractivity contribution is -0.161. The summed E-state index contributed by atoms with van der Waals surface area (Å²) in [4.78, 5) is 35.0. The third-order valence-corrected chi connectivity index (χ3v) is 10.9. The van der Waals surface area contributed by atoms with Gasteiger partial charge in [-0.1, -0.05) is 134 Å². The first-order chi connectivity index (χ1) is 26.0. The molecule has 0 aromatic heterocycles. The van der Waals surface area contributed by atoms with Gasteiger partial charge in [-0.15, -0.1) is 0 Å². The average Bonchev–Trinajstić information content (AvgIpc) is 3.41. The molecule has 316 valence electrons. The topological polar surface area (TPSA) is 195 Å². The molecule has 0 radical (unpaired) electrons. The second kappa shape index (κ2) is 32.5. The molecule has 1 aliphatic carbocycles. The Kier molecular flexibility index (Phi) is 30.3. The molecule has 1 aliphatic rings. The van der Waals surface area contributed by atoms with Crippen LogP contribution in [-0.4, -0.2) is 82.9 Å². The van der Waals surface area contributed by atoms with Gasteiger partial charge in [0.1, 0.15) is 6.61 Å². The highest BCUT2D eigenvalue weighted by atomic mass is 31.2. The molecule has 1 saturated carbocycles. The van der Waals surface area contributed by atoms with Gasteiger partial charge >= 0.3 is 19.8 Å². The number of nitrogens with two attached hydrogens (primary N) is 1. The number of hydrogen-bond donors (Lipinski definition) is 5. The van der Waals surface area contributed by atoms with E-state index in [1.165, 1.54) is 57.8 Å². The van der Waals surface area contributed by atoms with E-state index in [0.29, 0.717) is 32.1 Å². The summed E-state index contributed by atoms with van der Waals surface area (Å²) in [5, 5.41) is 31.3. The van der Waals surface area contributed by atoms with Crippen molar-refractivity contribution in [1.82, 2.24) is 0 Å². The zero-order valence-electron chi connectivity index (χ0n) is 33.5. The van der Waals surface area contributed by atoms with Gasteiger partial charge in [-0.3, -0.25) is 18.6 Å². The summed E-state index contributed by atoms with van der Waals surface area (Å²) < 4.78 is 32.7. The van der Waals surface area contributed by atoms with Gasteiger partial charge in [-0.2, -0.15) is 0 Å². The van der Waals surface area contributed by atoms with Crippen LogP contribution in [-0.2, 0) is 32.7 Å². The Hall–Kier alpha value is -1.63. The summed E-state index contributed by atoms with van der Waals surface area (Å²) in [5.74, 6) is -1.43. The molecule has 1 rings (SSSR count). The molecule has 13 heteroatoms. The lowest BCUT2D eigenvalue weighted by Gasteiger charge is -2.20. The molecule has 1 unspecified atom stereocenters. The van der Waals surface area contributed by atoms with Gasteiger partial charge < -0.3 is 35.4 Å². The molecule has 0 amide bonds. The molecule has 0 aliphatic heterocycles. The highest BCUT2D eigenvalue weighted by Crippen LogP contribution is 2.43. The second-order valence-electron chi connectivity index (χ2n) is 14.8. The number of esters is 2. The lowest BCUT2D eigenvalue weighted by Crippen LogP contribution is -2.29. The quantitative estimate of drug-likeness (QED) is 0.0180. The number of phosphoric ester groups is 1. The Labute approximate surface area is 326 Å². The molecule has 0 bridgehead atoms. The van der Waals surface area contributed by atoms with Crippen LogP contribution in [0.25, 0.3) is 0 Å². The lowest BCUT2D eigenvalue weighted by atomic mass is 9.89. The van der Waals surface area contributed by atoms with E-state index in [0.717, 1.165) is 38.5 Å². The number of aliphatic hydroxyl groups is 3. The van der Waals surface area contributed by atoms with E-state index in [1.54, 1.807) is 6.08 Å². The smallest absolute Gasteiger partial charge is 0.462 e. The first kappa shape index (κ1) is 50.4. The predicted molar refractivity (Wildman–Crippen MR) is 212 cm³/mol. The minimum atomic E-state index is -4.44. The Morgan fingerprint density at radius 1 is 0.778 bits per heavy atom. The third kappa shape index (κ3) is 26.3. The van der Waals surface area contributed by atoms with Gasteiger partial charge in [-0.25, -0.2) is 4.57 Å². The van der Waals surface area contributed by atoms with E-state index in [2.05, 4.69) is 13.8 Å². The van der Waals surface area contributed by atoms with E-state index in [9.17, 15) is 34.4 Å². The Bertz CT molecular complexity index is 1060. The standard InChI is InChI=1S/C41H76NO11P/c1-3-5-7-8-9-10-11-12-13-14-15-16-21-25-40(46)50-32-35(33-52-54(48,49)51-30-29-42)53-41(47)26-22-18-17-20-24-36-37(39(45)31-38(36)44)28-27-34(43)23-19-6-4-2/h17,20,27-28,34-39,43-45H,3-16,18-19,21-26,29-33,42H2,1-2H3,(H,48,49)/b20-17+,28-27+/t34-,35+,36+,37+,38-,39+/m0/s1. The van der Waals surface area contributed by atoms with Crippen LogP contribution in [0.1, 0.15) is 162 Å². The van der Waals surface area contributed by atoms with Gasteiger partial charge in [0.2, 0.25) is 0 Å². The highest BCUT2D eigenvalue weighted by Gasteiger charge is 2.39. The monoisotopic (exact) mass is 790 g/mol. The normalized spacial score (nSPS) is 21.1. The van der Waals surface area contributed by atoms with Gasteiger partial charge in [-0.05, 0) is 38.0 Å². The average molecular weight is 790 g/mol. The summed E-state index contributed by atoms with van der Waals surface area (Å²) >= 11 is 0. The van der Waals surface area contributed by atoms with E-state index >= 15 is 0 Å². The van der Waals surface area contributed by atoms with Gasteiger partial charge in [0.25, 0.3) is 0 Å². The zero-order chi connectivity index (χ0) is 39.9. The predicted octanol–water partition coefficient (Wildman–Crippen LogP) is 7.99. The molecule has 0 spiro atoms. The minimum absolute atomic E-state index is 0.0156. The number of carbonyl (C=O) groups excluding carboxylic acids is 2. The Balaban J connectivity index is 2.44. The van der Waals surface area contributed by atoms with E-state index in [-0.39, 0.29) is 50.9 Å². The highest BCUT2D eigenvalue weighted by molar-refractivity contribution is 7.47. The molecule has 1 fully saturated rings. The van der Waals surface area contributed by atoms with E-state index < -0.39 is 50.8 Å². The molecule has 0 saturated heterocycles. The van der Waals surface area contributed by atoms with Crippen LogP contribution in [0.4, 0.5) is 0 Å². The van der Waals surface area contributed by atoms with Crippen LogP contribution in [0.2, 0.25) is 0 Å². The summed E-state index contributed by atoms with van der Waals surface area (Å²) in [6.45, 7) is 3.34. The molecule has 54 heavy (non-hydrogen) atoms. The number of aliphatic hydroxyl groups excluding tert-OH is 3. The third-order valence-electron chi connectivity index (χ3n) is 9.91. The largest absolute Gasteiger partial charge is 0.472 e. The fourth-order valence-corrected chi connectivity index (χ4v) is 7.45. The number of hydrogen-bond acceptors (Lipinski definition) is 11. The summed E-state index contributed by atoms with van der Waals surface area (Å²) in [6, 6.07) is 0. The molecule has 0 heterocycles. The number of ether oxygens (including phenoxy) is 2. The molecule has 6 N–H and O–H groups in total. The van der Waals surface area contributed by atoms with Crippen molar-refractivity contribution < 1.29 is 52.9 Å². The first-order valence-electron chi connectivity index (χ1n) is 21.1. The van der Waals surface area contributed by atoms with Crippen LogP contribution < -0.4 is 5.73 Å². The van der Waals surface area contributed by atoms with Crippen LogP contribution in [0.3, 0.4) is 0 Å². The van der Waals surface area contributed by atoms with Crippen LogP contribution in [0.15, 0.2) is 24.3 Å². The SMILES string of the molecule is CCCCCCCCCCCCCCCC(=O)OC[C@H](COP(=O)(O)OCCN)OC(=O)CCC/C=C/C[C@@H]1[C@@H](/C=C/[C@@H](O)CCCCC)[C@H](O)C[C@@H]1O. The van der Waals surface area contributed by atoms with Crippen molar-refractivity contribution in [2.45, 2.75) is 186 Å². The van der Waals surface area contributed by atoms with Crippen LogP contribution in [0.5, 0.6) is 0 Å². The summed E-state index contributed by atoms with van der Waals surface area (Å²) in [6.07, 6.45) is 25.9. The van der Waals surface area contributed by atoms with Gasteiger partial charge in [0.05, 0.1) is 31.5 Å². The first-order valence-corrected chi connectivity index (χ1v) is 22.6. The molecular weight excluding hydrogens is 713 g/mol. The van der Waals surface area contributed by atoms with Gasteiger partial charge in [0.15, 0.2) is 6.10 Å². The Morgan fingerprint density at radius 2 is 1.37 bits per heavy atom. The number of carbonyl (C=O) groups is 2. The molecule has 0 aromatic rings. The van der Waals surface area contributed by atoms with Crippen molar-refractivity contribution in [2.24, 2.45) is 17.6 Å². The van der Waals surface area contributed by atoms with Crippen molar-refractivity contribution in [2.75, 3.05) is 26.4 Å². The van der Waals surface area contributed by atoms with Crippen molar-refractivity contribution in [3.8, 4) is 0 Å². The second-order valence-corrected chi connectivity index (χ2v) is 16.3. The number of unbranched alkanes of at least 4 members (excludes halogenated alkanes) is 15. The van der Waals surface area contributed by atoms with Crippen molar-refractivity contribution >= 4 is 19.8 Å². The zero-order valence-corrected chi connectivity index (χ0v) is 34.4. The van der Waals surface area contributed by atoms with Crippen LogP contribution in [0, 0.1) is 11.8 Å². The van der Waals surface area contributed by atoms with E-state index in [1.807, 2.05) is 18.2 Å². The maximum absolute atomic E-state index is 12.7. The Morgan fingerprint density at radius 3 is 2.00 bits per heavy atom. The van der Waals surface area contributed by atoms with Gasteiger partial charge in [0, 0.05) is 31.7 Å². The van der Waals surface area contributed by atoms with E-state index in [4.69, 9.17) is 24.3 Å². The molecular formula is C41H76NO11P. The fraction of sp³-hybridized carbons (Fsp3) is 0.854. The fourth-order valence-electron chi connectivity index (χ4n) is 6.69. The van der Waals surface area contributed by atoms with Crippen LogP contribution >= 0.6 is 7.82 Å². The maximum atomic E-state index is 12.7. The minimum Gasteiger partial charge on any atom is -0.462 e.